The monoisotopic (exact) mass is 368 g/mol. The van der Waals surface area contributed by atoms with Gasteiger partial charge in [0.25, 0.3) is 0 Å². The van der Waals surface area contributed by atoms with E-state index in [9.17, 15) is 18.0 Å². The van der Waals surface area contributed by atoms with Crippen LogP contribution >= 0.6 is 0 Å². The van der Waals surface area contributed by atoms with Gasteiger partial charge in [0.05, 0.1) is 17.5 Å². The van der Waals surface area contributed by atoms with E-state index in [2.05, 4.69) is 10.0 Å². The number of nitrogens with one attached hydrogen (secondary N) is 2. The molecule has 0 radical (unpaired) electrons. The molecule has 0 saturated heterocycles. The van der Waals surface area contributed by atoms with Crippen molar-refractivity contribution in [2.45, 2.75) is 31.2 Å². The van der Waals surface area contributed by atoms with Crippen LogP contribution in [0.5, 0.6) is 0 Å². The number of rotatable bonds is 6. The van der Waals surface area contributed by atoms with E-state index in [0.29, 0.717) is 18.7 Å². The van der Waals surface area contributed by atoms with Crippen molar-refractivity contribution in [2.75, 3.05) is 25.0 Å². The molecular weight excluding hydrogens is 344 g/mol. The maximum Gasteiger partial charge on any atom is 0.246 e. The summed E-state index contributed by atoms with van der Waals surface area (Å²) in [5, 5.41) is 2.54. The average molecular weight is 368 g/mol. The first-order chi connectivity index (χ1) is 11.7. The lowest BCUT2D eigenvalue weighted by Gasteiger charge is -2.20. The number of hydrogen-bond donors (Lipinski definition) is 3. The highest BCUT2D eigenvalue weighted by Gasteiger charge is 2.27. The molecule has 4 N–H and O–H groups in total. The van der Waals surface area contributed by atoms with Gasteiger partial charge in [-0.15, -0.1) is 0 Å². The molecule has 0 fully saturated rings. The Morgan fingerprint density at radius 1 is 1.32 bits per heavy atom. The van der Waals surface area contributed by atoms with E-state index in [-0.39, 0.29) is 29.2 Å². The lowest BCUT2D eigenvalue weighted by Crippen LogP contribution is -2.47. The van der Waals surface area contributed by atoms with Crippen LogP contribution in [0.3, 0.4) is 0 Å². The van der Waals surface area contributed by atoms with Crippen molar-refractivity contribution < 1.29 is 18.0 Å². The Morgan fingerprint density at radius 3 is 2.60 bits per heavy atom. The van der Waals surface area contributed by atoms with Gasteiger partial charge in [0, 0.05) is 12.2 Å². The number of anilines is 1. The van der Waals surface area contributed by atoms with Crippen LogP contribution in [-0.2, 0) is 26.0 Å². The SMILES string of the molecule is CNS(=O)(=O)c1ccc2c(c1)N(C(=O)CNC(=O)[C@@H](N)C(C)C)CC2. The molecule has 0 unspecified atom stereocenters. The Balaban J connectivity index is 2.12. The second kappa shape index (κ2) is 7.51. The molecule has 1 aromatic carbocycles. The number of carbonyl (C=O) groups is 2. The van der Waals surface area contributed by atoms with E-state index in [1.807, 2.05) is 13.8 Å². The fraction of sp³-hybridized carbons (Fsp3) is 0.500. The quantitative estimate of drug-likeness (QED) is 0.630. The first kappa shape index (κ1) is 19.4. The van der Waals surface area contributed by atoms with Crippen LogP contribution < -0.4 is 20.7 Å². The molecule has 2 rings (SSSR count). The Morgan fingerprint density at radius 2 is 2.00 bits per heavy atom. The Labute approximate surface area is 147 Å². The first-order valence-electron chi connectivity index (χ1n) is 8.07. The molecule has 1 aliphatic rings. The van der Waals surface area contributed by atoms with E-state index >= 15 is 0 Å². The zero-order valence-electron chi connectivity index (χ0n) is 14.6. The number of nitrogens with two attached hydrogens (primary N) is 1. The van der Waals surface area contributed by atoms with E-state index < -0.39 is 16.1 Å². The Bertz CT molecular complexity index is 776. The normalized spacial score (nSPS) is 15.2. The summed E-state index contributed by atoms with van der Waals surface area (Å²) in [5.41, 5.74) is 7.20. The van der Waals surface area contributed by atoms with Gasteiger partial charge >= 0.3 is 0 Å². The second-order valence-corrected chi connectivity index (χ2v) is 8.17. The first-order valence-corrected chi connectivity index (χ1v) is 9.56. The lowest BCUT2D eigenvalue weighted by molar-refractivity contribution is -0.126. The zero-order valence-corrected chi connectivity index (χ0v) is 15.4. The summed E-state index contributed by atoms with van der Waals surface area (Å²) in [6, 6.07) is 4.03. The van der Waals surface area contributed by atoms with Gasteiger partial charge in [-0.05, 0) is 37.1 Å². The van der Waals surface area contributed by atoms with E-state index in [1.54, 1.807) is 6.07 Å². The summed E-state index contributed by atoms with van der Waals surface area (Å²) < 4.78 is 26.1. The van der Waals surface area contributed by atoms with Crippen molar-refractivity contribution in [3.8, 4) is 0 Å². The van der Waals surface area contributed by atoms with Crippen molar-refractivity contribution in [1.29, 1.82) is 0 Å². The van der Waals surface area contributed by atoms with Crippen LogP contribution in [0.25, 0.3) is 0 Å². The predicted molar refractivity (Wildman–Crippen MR) is 94.6 cm³/mol. The molecule has 1 aliphatic heterocycles. The summed E-state index contributed by atoms with van der Waals surface area (Å²) in [5.74, 6) is -0.715. The molecule has 138 valence electrons. The smallest absolute Gasteiger partial charge is 0.246 e. The number of benzene rings is 1. The molecule has 25 heavy (non-hydrogen) atoms. The molecule has 8 nitrogen and oxygen atoms in total. The minimum Gasteiger partial charge on any atom is -0.346 e. The zero-order chi connectivity index (χ0) is 18.8. The van der Waals surface area contributed by atoms with Crippen molar-refractivity contribution in [2.24, 2.45) is 11.7 Å². The van der Waals surface area contributed by atoms with Crippen molar-refractivity contribution in [1.82, 2.24) is 10.0 Å². The number of hydrogen-bond acceptors (Lipinski definition) is 5. The van der Waals surface area contributed by atoms with Crippen LogP contribution in [-0.4, -0.2) is 46.4 Å². The third-order valence-electron chi connectivity index (χ3n) is 4.27. The van der Waals surface area contributed by atoms with Gasteiger partial charge in [-0.25, -0.2) is 13.1 Å². The van der Waals surface area contributed by atoms with Crippen molar-refractivity contribution >= 4 is 27.5 Å². The van der Waals surface area contributed by atoms with E-state index in [4.69, 9.17) is 5.73 Å². The second-order valence-electron chi connectivity index (χ2n) is 6.28. The highest BCUT2D eigenvalue weighted by molar-refractivity contribution is 7.89. The minimum absolute atomic E-state index is 0.0306. The molecule has 1 heterocycles. The highest BCUT2D eigenvalue weighted by atomic mass is 32.2. The van der Waals surface area contributed by atoms with Crippen LogP contribution in [0.2, 0.25) is 0 Å². The fourth-order valence-corrected chi connectivity index (χ4v) is 3.33. The molecule has 0 bridgehead atoms. The number of carbonyl (C=O) groups excluding carboxylic acids is 2. The molecule has 2 amide bonds. The lowest BCUT2D eigenvalue weighted by atomic mass is 10.1. The van der Waals surface area contributed by atoms with Gasteiger partial charge in [0.15, 0.2) is 0 Å². The topological polar surface area (TPSA) is 122 Å². The molecule has 0 spiro atoms. The van der Waals surface area contributed by atoms with Gasteiger partial charge < -0.3 is 16.0 Å². The van der Waals surface area contributed by atoms with Gasteiger partial charge in [-0.3, -0.25) is 9.59 Å². The minimum atomic E-state index is -3.59. The van der Waals surface area contributed by atoms with Gasteiger partial charge in [-0.2, -0.15) is 0 Å². The summed E-state index contributed by atoms with van der Waals surface area (Å²) in [4.78, 5) is 25.9. The molecule has 1 atom stereocenters. The number of sulfonamides is 1. The van der Waals surface area contributed by atoms with Gasteiger partial charge in [0.2, 0.25) is 21.8 Å². The van der Waals surface area contributed by atoms with Gasteiger partial charge in [-0.1, -0.05) is 19.9 Å². The maximum atomic E-state index is 12.4. The molecule has 9 heteroatoms. The summed E-state index contributed by atoms with van der Waals surface area (Å²) in [7, 11) is -2.26. The standard InChI is InChI=1S/C16H24N4O4S/c1-10(2)15(17)16(22)19-9-14(21)20-7-6-11-4-5-12(8-13(11)20)25(23,24)18-3/h4-5,8,10,15,18H,6-7,9,17H2,1-3H3,(H,19,22)/t15-/m0/s1. The highest BCUT2D eigenvalue weighted by Crippen LogP contribution is 2.30. The van der Waals surface area contributed by atoms with Crippen LogP contribution in [0.15, 0.2) is 23.1 Å². The summed E-state index contributed by atoms with van der Waals surface area (Å²) in [6.45, 7) is 3.92. The maximum absolute atomic E-state index is 12.4. The molecular formula is C16H24N4O4S. The fourth-order valence-electron chi connectivity index (χ4n) is 2.58. The van der Waals surface area contributed by atoms with E-state index in [0.717, 1.165) is 5.56 Å². The summed E-state index contributed by atoms with van der Waals surface area (Å²) >= 11 is 0. The third kappa shape index (κ3) is 4.17. The van der Waals surface area contributed by atoms with Crippen molar-refractivity contribution in [3.63, 3.8) is 0 Å². The van der Waals surface area contributed by atoms with E-state index in [1.165, 1.54) is 24.1 Å². The number of nitrogens with zero attached hydrogens (tertiary/aromatic N) is 1. The Hall–Kier alpha value is -1.97. The van der Waals surface area contributed by atoms with Gasteiger partial charge in [0.1, 0.15) is 0 Å². The average Bonchev–Trinajstić information content (AvgIpc) is 3.01. The molecule has 0 aliphatic carbocycles. The molecule has 1 aromatic rings. The summed E-state index contributed by atoms with van der Waals surface area (Å²) in [6.07, 6.45) is 0.639. The number of amides is 2. The third-order valence-corrected chi connectivity index (χ3v) is 5.68. The molecule has 0 aromatic heterocycles. The molecule has 0 saturated carbocycles. The predicted octanol–water partition coefficient (Wildman–Crippen LogP) is -0.417. The largest absolute Gasteiger partial charge is 0.346 e. The number of fused-ring (bicyclic) bond motifs is 1. The van der Waals surface area contributed by atoms with Crippen molar-refractivity contribution in [3.05, 3.63) is 23.8 Å². The Kier molecular flexibility index (Phi) is 5.81. The van der Waals surface area contributed by atoms with Crippen LogP contribution in [0.4, 0.5) is 5.69 Å². The van der Waals surface area contributed by atoms with Crippen LogP contribution in [0.1, 0.15) is 19.4 Å². The van der Waals surface area contributed by atoms with Crippen LogP contribution in [0, 0.1) is 5.92 Å².